The van der Waals surface area contributed by atoms with Gasteiger partial charge in [-0.05, 0) is 32.9 Å². The van der Waals surface area contributed by atoms with Crippen molar-refractivity contribution >= 4 is 17.2 Å². The summed E-state index contributed by atoms with van der Waals surface area (Å²) in [7, 11) is 0. The summed E-state index contributed by atoms with van der Waals surface area (Å²) >= 11 is 0. The first-order valence-electron chi connectivity index (χ1n) is 5.46. The Kier molecular flexibility index (Phi) is 2.95. The van der Waals surface area contributed by atoms with Gasteiger partial charge in [-0.2, -0.15) is 0 Å². The molecular weight excluding hydrogens is 214 g/mol. The SMILES string of the molecule is CC(C)=CC(=O)Nc1ccc2nccn2c1C. The minimum absolute atomic E-state index is 0.104. The molecule has 0 bridgehead atoms. The lowest BCUT2D eigenvalue weighted by Crippen LogP contribution is -2.10. The van der Waals surface area contributed by atoms with Gasteiger partial charge in [0.1, 0.15) is 5.65 Å². The lowest BCUT2D eigenvalue weighted by molar-refractivity contribution is -0.111. The van der Waals surface area contributed by atoms with Crippen molar-refractivity contribution in [1.82, 2.24) is 9.38 Å². The minimum atomic E-state index is -0.104. The van der Waals surface area contributed by atoms with Crippen LogP contribution in [-0.4, -0.2) is 15.3 Å². The molecule has 0 aliphatic heterocycles. The normalized spacial score (nSPS) is 10.3. The van der Waals surface area contributed by atoms with Gasteiger partial charge in [-0.25, -0.2) is 4.98 Å². The molecular formula is C13H15N3O. The molecule has 88 valence electrons. The van der Waals surface area contributed by atoms with Crippen LogP contribution in [0, 0.1) is 6.92 Å². The maximum atomic E-state index is 11.6. The van der Waals surface area contributed by atoms with Crippen LogP contribution >= 0.6 is 0 Å². The van der Waals surface area contributed by atoms with E-state index in [1.807, 2.05) is 43.5 Å². The van der Waals surface area contributed by atoms with Crippen LogP contribution in [0.5, 0.6) is 0 Å². The Hall–Kier alpha value is -2.10. The molecule has 0 saturated carbocycles. The number of hydrogen-bond donors (Lipinski definition) is 1. The number of imidazole rings is 1. The molecule has 1 amide bonds. The molecule has 4 nitrogen and oxygen atoms in total. The molecule has 0 fully saturated rings. The quantitative estimate of drug-likeness (QED) is 0.804. The fourth-order valence-electron chi connectivity index (χ4n) is 1.69. The number of hydrogen-bond acceptors (Lipinski definition) is 2. The van der Waals surface area contributed by atoms with Crippen LogP contribution in [0.2, 0.25) is 0 Å². The van der Waals surface area contributed by atoms with Crippen molar-refractivity contribution in [3.05, 3.63) is 41.9 Å². The Bertz CT molecular complexity index is 592. The summed E-state index contributed by atoms with van der Waals surface area (Å²) in [5, 5.41) is 2.86. The molecule has 0 saturated heterocycles. The first kappa shape index (κ1) is 11.4. The van der Waals surface area contributed by atoms with Gasteiger partial charge >= 0.3 is 0 Å². The molecule has 0 radical (unpaired) electrons. The molecule has 2 aromatic heterocycles. The number of aromatic nitrogens is 2. The summed E-state index contributed by atoms with van der Waals surface area (Å²) in [5.74, 6) is -0.104. The number of nitrogens with zero attached hydrogens (tertiary/aromatic N) is 2. The molecule has 0 aromatic carbocycles. The molecule has 0 aliphatic rings. The maximum Gasteiger partial charge on any atom is 0.248 e. The summed E-state index contributed by atoms with van der Waals surface area (Å²) in [4.78, 5) is 15.8. The standard InChI is InChI=1S/C13H15N3O/c1-9(2)8-13(17)15-11-4-5-12-14-6-7-16(12)10(11)3/h4-8H,1-3H3,(H,15,17). The van der Waals surface area contributed by atoms with E-state index in [4.69, 9.17) is 0 Å². The predicted octanol–water partition coefficient (Wildman–Crippen LogP) is 2.55. The van der Waals surface area contributed by atoms with Gasteiger partial charge in [0, 0.05) is 24.2 Å². The summed E-state index contributed by atoms with van der Waals surface area (Å²) in [6.07, 6.45) is 5.20. The van der Waals surface area contributed by atoms with E-state index in [1.165, 1.54) is 0 Å². The summed E-state index contributed by atoms with van der Waals surface area (Å²) < 4.78 is 1.94. The highest BCUT2D eigenvalue weighted by molar-refractivity contribution is 6.00. The van der Waals surface area contributed by atoms with Crippen molar-refractivity contribution in [1.29, 1.82) is 0 Å². The minimum Gasteiger partial charge on any atom is -0.321 e. The number of pyridine rings is 1. The number of aryl methyl sites for hydroxylation is 1. The predicted molar refractivity (Wildman–Crippen MR) is 68.0 cm³/mol. The lowest BCUT2D eigenvalue weighted by Gasteiger charge is -2.08. The van der Waals surface area contributed by atoms with Gasteiger partial charge in [0.2, 0.25) is 5.91 Å². The van der Waals surface area contributed by atoms with E-state index in [2.05, 4.69) is 10.3 Å². The van der Waals surface area contributed by atoms with Crippen molar-refractivity contribution in [2.45, 2.75) is 20.8 Å². The Morgan fingerprint density at radius 2 is 2.18 bits per heavy atom. The third kappa shape index (κ3) is 2.36. The van der Waals surface area contributed by atoms with Gasteiger partial charge in [0.15, 0.2) is 0 Å². The van der Waals surface area contributed by atoms with E-state index >= 15 is 0 Å². The van der Waals surface area contributed by atoms with Gasteiger partial charge in [0.05, 0.1) is 5.69 Å². The Balaban J connectivity index is 2.33. The number of nitrogens with one attached hydrogen (secondary N) is 1. The molecule has 17 heavy (non-hydrogen) atoms. The van der Waals surface area contributed by atoms with Gasteiger partial charge in [0.25, 0.3) is 0 Å². The summed E-state index contributed by atoms with van der Waals surface area (Å²) in [6, 6.07) is 3.75. The highest BCUT2D eigenvalue weighted by atomic mass is 16.1. The van der Waals surface area contributed by atoms with Crippen molar-refractivity contribution in [3.63, 3.8) is 0 Å². The third-order valence-electron chi connectivity index (χ3n) is 2.50. The van der Waals surface area contributed by atoms with Crippen molar-refractivity contribution in [2.24, 2.45) is 0 Å². The lowest BCUT2D eigenvalue weighted by atomic mass is 10.2. The van der Waals surface area contributed by atoms with Crippen LogP contribution in [0.3, 0.4) is 0 Å². The fraction of sp³-hybridized carbons (Fsp3) is 0.231. The summed E-state index contributed by atoms with van der Waals surface area (Å²) in [5.41, 5.74) is 3.63. The van der Waals surface area contributed by atoms with Crippen LogP contribution in [0.4, 0.5) is 5.69 Å². The Labute approximate surface area is 100.0 Å². The van der Waals surface area contributed by atoms with Crippen molar-refractivity contribution in [2.75, 3.05) is 5.32 Å². The number of anilines is 1. The van der Waals surface area contributed by atoms with Gasteiger partial charge < -0.3 is 9.72 Å². The van der Waals surface area contributed by atoms with Crippen LogP contribution in [0.25, 0.3) is 5.65 Å². The first-order chi connectivity index (χ1) is 8.08. The monoisotopic (exact) mass is 229 g/mol. The van der Waals surface area contributed by atoms with Crippen LogP contribution in [0.1, 0.15) is 19.5 Å². The molecule has 0 atom stereocenters. The Morgan fingerprint density at radius 3 is 2.88 bits per heavy atom. The second-order valence-corrected chi connectivity index (χ2v) is 4.20. The van der Waals surface area contributed by atoms with Crippen molar-refractivity contribution < 1.29 is 4.79 Å². The molecule has 2 heterocycles. The zero-order valence-corrected chi connectivity index (χ0v) is 10.2. The fourth-order valence-corrected chi connectivity index (χ4v) is 1.69. The number of fused-ring (bicyclic) bond motifs is 1. The number of rotatable bonds is 2. The molecule has 2 rings (SSSR count). The van der Waals surface area contributed by atoms with Crippen LogP contribution < -0.4 is 5.32 Å². The number of amides is 1. The number of carbonyl (C=O) groups is 1. The van der Waals surface area contributed by atoms with E-state index in [0.717, 1.165) is 22.6 Å². The topological polar surface area (TPSA) is 46.4 Å². The highest BCUT2D eigenvalue weighted by Gasteiger charge is 2.05. The number of carbonyl (C=O) groups excluding carboxylic acids is 1. The largest absolute Gasteiger partial charge is 0.321 e. The van der Waals surface area contributed by atoms with E-state index in [-0.39, 0.29) is 5.91 Å². The van der Waals surface area contributed by atoms with E-state index in [1.54, 1.807) is 12.3 Å². The average molecular weight is 229 g/mol. The highest BCUT2D eigenvalue weighted by Crippen LogP contribution is 2.16. The van der Waals surface area contributed by atoms with Crippen LogP contribution in [0.15, 0.2) is 36.2 Å². The van der Waals surface area contributed by atoms with E-state index in [9.17, 15) is 4.79 Å². The smallest absolute Gasteiger partial charge is 0.248 e. The van der Waals surface area contributed by atoms with Gasteiger partial charge in [-0.1, -0.05) is 5.57 Å². The van der Waals surface area contributed by atoms with Gasteiger partial charge in [-0.3, -0.25) is 4.79 Å². The molecule has 0 spiro atoms. The Morgan fingerprint density at radius 1 is 1.41 bits per heavy atom. The molecule has 0 aliphatic carbocycles. The summed E-state index contributed by atoms with van der Waals surface area (Å²) in [6.45, 7) is 5.74. The average Bonchev–Trinajstić information content (AvgIpc) is 2.69. The third-order valence-corrected chi connectivity index (χ3v) is 2.50. The van der Waals surface area contributed by atoms with Crippen molar-refractivity contribution in [3.8, 4) is 0 Å². The number of allylic oxidation sites excluding steroid dienone is 1. The van der Waals surface area contributed by atoms with Crippen LogP contribution in [-0.2, 0) is 4.79 Å². The molecule has 4 heteroatoms. The molecule has 2 aromatic rings. The van der Waals surface area contributed by atoms with E-state index < -0.39 is 0 Å². The zero-order valence-electron chi connectivity index (χ0n) is 10.2. The second-order valence-electron chi connectivity index (χ2n) is 4.20. The first-order valence-corrected chi connectivity index (χ1v) is 5.46. The molecule has 1 N–H and O–H groups in total. The molecule has 0 unspecified atom stereocenters. The zero-order chi connectivity index (χ0) is 12.4. The second kappa shape index (κ2) is 4.41. The van der Waals surface area contributed by atoms with Gasteiger partial charge in [-0.15, -0.1) is 0 Å². The maximum absolute atomic E-state index is 11.6. The van der Waals surface area contributed by atoms with E-state index in [0.29, 0.717) is 0 Å².